The highest BCUT2D eigenvalue weighted by Gasteiger charge is 2.26. The first kappa shape index (κ1) is 17.8. The molecular formula is C21H21FN6O. The first-order valence-corrected chi connectivity index (χ1v) is 9.79. The zero-order valence-corrected chi connectivity index (χ0v) is 16.2. The van der Waals surface area contributed by atoms with Crippen LogP contribution in [0.5, 0.6) is 0 Å². The molecule has 0 bridgehead atoms. The van der Waals surface area contributed by atoms with Crippen LogP contribution in [-0.4, -0.2) is 36.7 Å². The predicted molar refractivity (Wildman–Crippen MR) is 108 cm³/mol. The van der Waals surface area contributed by atoms with Crippen LogP contribution in [0.3, 0.4) is 0 Å². The maximum atomic E-state index is 13.6. The van der Waals surface area contributed by atoms with Gasteiger partial charge in [0.25, 0.3) is 5.91 Å². The summed E-state index contributed by atoms with van der Waals surface area (Å²) in [5.74, 6) is 0.0693. The van der Waals surface area contributed by atoms with Gasteiger partial charge in [0.1, 0.15) is 22.7 Å². The van der Waals surface area contributed by atoms with E-state index in [1.807, 2.05) is 6.92 Å². The third kappa shape index (κ3) is 2.95. The van der Waals surface area contributed by atoms with Gasteiger partial charge in [0.2, 0.25) is 0 Å². The largest absolute Gasteiger partial charge is 0.349 e. The van der Waals surface area contributed by atoms with Crippen LogP contribution in [0, 0.1) is 11.7 Å². The Morgan fingerprint density at radius 2 is 2.21 bits per heavy atom. The monoisotopic (exact) mass is 392 g/mol. The standard InChI is InChI=1S/C21H21FN6O/c1-11(12-4-3-5-12)25-21(29)15-9-23-20-19(15)26-16(10-24-20)18-14-7-6-13(22)8-17(14)28(2)27-18/h6-12H,3-5H2,1-2H3,(H,23,24)(H,25,29). The Hall–Kier alpha value is -3.29. The molecular weight excluding hydrogens is 371 g/mol. The zero-order valence-electron chi connectivity index (χ0n) is 16.2. The van der Waals surface area contributed by atoms with E-state index in [9.17, 15) is 9.18 Å². The lowest BCUT2D eigenvalue weighted by Gasteiger charge is -2.31. The van der Waals surface area contributed by atoms with Crippen LogP contribution in [0.15, 0.2) is 30.6 Å². The third-order valence-electron chi connectivity index (χ3n) is 5.90. The van der Waals surface area contributed by atoms with Crippen molar-refractivity contribution in [2.24, 2.45) is 13.0 Å². The Balaban J connectivity index is 1.54. The van der Waals surface area contributed by atoms with Crippen molar-refractivity contribution in [3.63, 3.8) is 0 Å². The first-order valence-electron chi connectivity index (χ1n) is 9.79. The van der Waals surface area contributed by atoms with Crippen molar-refractivity contribution in [2.75, 3.05) is 0 Å². The summed E-state index contributed by atoms with van der Waals surface area (Å²) in [5, 5.41) is 8.36. The first-order chi connectivity index (χ1) is 14.0. The molecule has 1 fully saturated rings. The molecule has 0 spiro atoms. The van der Waals surface area contributed by atoms with Crippen LogP contribution in [0.4, 0.5) is 4.39 Å². The summed E-state index contributed by atoms with van der Waals surface area (Å²) >= 11 is 0. The number of rotatable bonds is 4. The molecule has 5 rings (SSSR count). The molecule has 0 aliphatic heterocycles. The van der Waals surface area contributed by atoms with Gasteiger partial charge in [-0.05, 0) is 43.9 Å². The number of nitrogens with zero attached hydrogens (tertiary/aromatic N) is 4. The molecule has 1 atom stereocenters. The predicted octanol–water partition coefficient (Wildman–Crippen LogP) is 3.57. The molecule has 3 heterocycles. The van der Waals surface area contributed by atoms with Gasteiger partial charge in [0.05, 0.1) is 17.3 Å². The maximum absolute atomic E-state index is 13.6. The van der Waals surface area contributed by atoms with Gasteiger partial charge in [-0.3, -0.25) is 9.48 Å². The van der Waals surface area contributed by atoms with Crippen molar-refractivity contribution >= 4 is 28.0 Å². The second-order valence-corrected chi connectivity index (χ2v) is 7.74. The molecule has 4 aromatic rings. The number of H-pyrrole nitrogens is 1. The minimum Gasteiger partial charge on any atom is -0.349 e. The highest BCUT2D eigenvalue weighted by atomic mass is 19.1. The van der Waals surface area contributed by atoms with Crippen LogP contribution in [0.1, 0.15) is 36.5 Å². The van der Waals surface area contributed by atoms with E-state index >= 15 is 0 Å². The van der Waals surface area contributed by atoms with Gasteiger partial charge in [-0.1, -0.05) is 6.42 Å². The number of hydrogen-bond donors (Lipinski definition) is 2. The molecule has 3 aromatic heterocycles. The number of nitrogens with one attached hydrogen (secondary N) is 2. The molecule has 1 aliphatic carbocycles. The van der Waals surface area contributed by atoms with Gasteiger partial charge in [-0.2, -0.15) is 5.10 Å². The second-order valence-electron chi connectivity index (χ2n) is 7.74. The summed E-state index contributed by atoms with van der Waals surface area (Å²) in [4.78, 5) is 24.9. The fraction of sp³-hybridized carbons (Fsp3) is 0.333. The summed E-state index contributed by atoms with van der Waals surface area (Å²) in [6, 6.07) is 4.65. The van der Waals surface area contributed by atoms with Crippen LogP contribution >= 0.6 is 0 Å². The Morgan fingerprint density at radius 1 is 1.38 bits per heavy atom. The fourth-order valence-corrected chi connectivity index (χ4v) is 3.94. The van der Waals surface area contributed by atoms with Crippen LogP contribution in [0.2, 0.25) is 0 Å². The molecule has 1 aliphatic rings. The molecule has 29 heavy (non-hydrogen) atoms. The van der Waals surface area contributed by atoms with E-state index in [0.717, 1.165) is 18.2 Å². The lowest BCUT2D eigenvalue weighted by Crippen LogP contribution is -2.40. The van der Waals surface area contributed by atoms with Gasteiger partial charge in [-0.25, -0.2) is 14.4 Å². The van der Waals surface area contributed by atoms with E-state index in [-0.39, 0.29) is 17.8 Å². The third-order valence-corrected chi connectivity index (χ3v) is 5.90. The quantitative estimate of drug-likeness (QED) is 0.556. The molecule has 1 saturated carbocycles. The SMILES string of the molecule is CC(NC(=O)c1c[nH]c2ncc(-c3nn(C)c4cc(F)ccc34)nc12)C1CCC1. The van der Waals surface area contributed by atoms with Crippen molar-refractivity contribution in [1.82, 2.24) is 30.0 Å². The summed E-state index contributed by atoms with van der Waals surface area (Å²) in [6.45, 7) is 2.05. The number of carbonyl (C=O) groups is 1. The number of amides is 1. The van der Waals surface area contributed by atoms with Gasteiger partial charge >= 0.3 is 0 Å². The van der Waals surface area contributed by atoms with Crippen LogP contribution in [0.25, 0.3) is 33.5 Å². The Labute approximate surface area is 166 Å². The summed E-state index contributed by atoms with van der Waals surface area (Å²) in [5.41, 5.74) is 3.32. The molecule has 7 nitrogen and oxygen atoms in total. The summed E-state index contributed by atoms with van der Waals surface area (Å²) < 4.78 is 15.2. The van der Waals surface area contributed by atoms with E-state index < -0.39 is 0 Å². The minimum atomic E-state index is -0.321. The number of hydrogen-bond acceptors (Lipinski definition) is 4. The lowest BCUT2D eigenvalue weighted by molar-refractivity contribution is 0.0911. The Kier molecular flexibility index (Phi) is 4.08. The van der Waals surface area contributed by atoms with Gasteiger partial charge < -0.3 is 10.3 Å². The van der Waals surface area contributed by atoms with E-state index in [2.05, 4.69) is 25.4 Å². The second kappa shape index (κ2) is 6.65. The van der Waals surface area contributed by atoms with Crippen LogP contribution < -0.4 is 5.32 Å². The summed E-state index contributed by atoms with van der Waals surface area (Å²) in [7, 11) is 1.76. The molecule has 0 saturated heterocycles. The minimum absolute atomic E-state index is 0.131. The van der Waals surface area contributed by atoms with E-state index in [4.69, 9.17) is 0 Å². The molecule has 2 N–H and O–H groups in total. The average Bonchev–Trinajstić information content (AvgIpc) is 3.21. The molecule has 1 aromatic carbocycles. The van der Waals surface area contributed by atoms with Crippen molar-refractivity contribution in [3.8, 4) is 11.4 Å². The molecule has 148 valence electrons. The number of aryl methyl sites for hydroxylation is 1. The van der Waals surface area contributed by atoms with Crippen molar-refractivity contribution in [3.05, 3.63) is 42.0 Å². The van der Waals surface area contributed by atoms with Gasteiger partial charge in [0.15, 0.2) is 5.65 Å². The molecule has 1 unspecified atom stereocenters. The molecule has 0 radical (unpaired) electrons. The molecule has 1 amide bonds. The highest BCUT2D eigenvalue weighted by Crippen LogP contribution is 2.30. The van der Waals surface area contributed by atoms with E-state index in [0.29, 0.717) is 39.5 Å². The topological polar surface area (TPSA) is 88.5 Å². The smallest absolute Gasteiger partial charge is 0.255 e. The normalized spacial score (nSPS) is 15.6. The summed E-state index contributed by atoms with van der Waals surface area (Å²) in [6.07, 6.45) is 6.81. The number of benzene rings is 1. The number of aromatic nitrogens is 5. The fourth-order valence-electron chi connectivity index (χ4n) is 3.94. The molecule has 8 heteroatoms. The Morgan fingerprint density at radius 3 is 2.97 bits per heavy atom. The van der Waals surface area contributed by atoms with Crippen LogP contribution in [-0.2, 0) is 7.05 Å². The van der Waals surface area contributed by atoms with E-state index in [1.54, 1.807) is 30.2 Å². The van der Waals surface area contributed by atoms with E-state index in [1.165, 1.54) is 18.6 Å². The maximum Gasteiger partial charge on any atom is 0.255 e. The highest BCUT2D eigenvalue weighted by molar-refractivity contribution is 6.05. The van der Waals surface area contributed by atoms with Gasteiger partial charge in [0, 0.05) is 24.7 Å². The number of aromatic amines is 1. The van der Waals surface area contributed by atoms with Crippen molar-refractivity contribution in [1.29, 1.82) is 0 Å². The Bertz CT molecular complexity index is 1240. The zero-order chi connectivity index (χ0) is 20.1. The average molecular weight is 392 g/mol. The number of carbonyl (C=O) groups excluding carboxylic acids is 1. The number of fused-ring (bicyclic) bond motifs is 2. The van der Waals surface area contributed by atoms with Crippen molar-refractivity contribution < 1.29 is 9.18 Å². The lowest BCUT2D eigenvalue weighted by atomic mass is 9.80. The number of halogens is 1. The van der Waals surface area contributed by atoms with Gasteiger partial charge in [-0.15, -0.1) is 0 Å². The van der Waals surface area contributed by atoms with Crippen molar-refractivity contribution in [2.45, 2.75) is 32.2 Å².